The Morgan fingerprint density at radius 3 is 2.44 bits per heavy atom. The number of halogens is 3. The van der Waals surface area contributed by atoms with Crippen molar-refractivity contribution in [2.45, 2.75) is 64.3 Å². The molecule has 0 aromatic rings. The van der Waals surface area contributed by atoms with E-state index in [2.05, 4.69) is 4.74 Å². The average molecular weight is 366 g/mol. The number of hydrogen-bond acceptors (Lipinski definition) is 6. The Labute approximate surface area is 143 Å². The highest BCUT2D eigenvalue weighted by Gasteiger charge is 2.71. The summed E-state index contributed by atoms with van der Waals surface area (Å²) in [7, 11) is 0. The first kappa shape index (κ1) is 19.5. The van der Waals surface area contributed by atoms with Gasteiger partial charge >= 0.3 is 24.1 Å². The highest BCUT2D eigenvalue weighted by Crippen LogP contribution is 2.58. The van der Waals surface area contributed by atoms with Crippen LogP contribution >= 0.6 is 0 Å². The smallest absolute Gasteiger partial charge is 0.392 e. The number of rotatable bonds is 6. The van der Waals surface area contributed by atoms with E-state index in [4.69, 9.17) is 9.47 Å². The van der Waals surface area contributed by atoms with Gasteiger partial charge in [0.15, 0.2) is 0 Å². The molecule has 0 aromatic heterocycles. The van der Waals surface area contributed by atoms with E-state index in [0.29, 0.717) is 6.42 Å². The fourth-order valence-electron chi connectivity index (χ4n) is 3.62. The van der Waals surface area contributed by atoms with Crippen molar-refractivity contribution in [1.29, 1.82) is 0 Å². The van der Waals surface area contributed by atoms with Crippen LogP contribution in [0.1, 0.15) is 46.5 Å². The summed E-state index contributed by atoms with van der Waals surface area (Å²) >= 11 is 0. The largest absolute Gasteiger partial charge is 0.466 e. The summed E-state index contributed by atoms with van der Waals surface area (Å²) < 4.78 is 53.0. The first-order chi connectivity index (χ1) is 11.4. The van der Waals surface area contributed by atoms with Crippen LogP contribution in [0.3, 0.4) is 0 Å². The molecule has 1 aliphatic heterocycles. The maximum Gasteiger partial charge on any atom is 0.392 e. The second-order valence-electron chi connectivity index (χ2n) is 6.92. The molecular weight excluding hydrogens is 345 g/mol. The third kappa shape index (κ3) is 3.59. The van der Waals surface area contributed by atoms with Crippen LogP contribution in [0.5, 0.6) is 0 Å². The number of carbonyl (C=O) groups excluding carboxylic acids is 3. The molecule has 0 amide bonds. The van der Waals surface area contributed by atoms with Gasteiger partial charge in [-0.05, 0) is 19.8 Å². The molecule has 6 nitrogen and oxygen atoms in total. The van der Waals surface area contributed by atoms with Gasteiger partial charge in [-0.2, -0.15) is 13.2 Å². The Balaban J connectivity index is 2.16. The van der Waals surface area contributed by atoms with Crippen LogP contribution in [0.2, 0.25) is 0 Å². The molecule has 1 aliphatic carbocycles. The number of alkyl halides is 3. The number of fused-ring (bicyclic) bond motifs is 2. The molecule has 2 aliphatic rings. The fraction of sp³-hybridized carbons (Fsp3) is 0.812. The lowest BCUT2D eigenvalue weighted by Gasteiger charge is -2.34. The zero-order valence-corrected chi connectivity index (χ0v) is 14.3. The van der Waals surface area contributed by atoms with Gasteiger partial charge < -0.3 is 14.2 Å². The number of ether oxygens (including phenoxy) is 3. The molecule has 2 fully saturated rings. The second-order valence-corrected chi connectivity index (χ2v) is 6.92. The van der Waals surface area contributed by atoms with Crippen molar-refractivity contribution in [3.63, 3.8) is 0 Å². The summed E-state index contributed by atoms with van der Waals surface area (Å²) in [6.45, 7) is 4.82. The van der Waals surface area contributed by atoms with Gasteiger partial charge in [-0.15, -0.1) is 0 Å². The van der Waals surface area contributed by atoms with Crippen LogP contribution in [-0.4, -0.2) is 42.4 Å². The minimum Gasteiger partial charge on any atom is -0.466 e. The zero-order chi connectivity index (χ0) is 19.0. The summed E-state index contributed by atoms with van der Waals surface area (Å²) in [4.78, 5) is 36.0. The van der Waals surface area contributed by atoms with Crippen molar-refractivity contribution in [3.05, 3.63) is 0 Å². The summed E-state index contributed by atoms with van der Waals surface area (Å²) in [5.74, 6) is -2.98. The summed E-state index contributed by atoms with van der Waals surface area (Å²) in [6.07, 6.45) is -7.96. The van der Waals surface area contributed by atoms with Gasteiger partial charge in [-0.25, -0.2) is 4.79 Å². The predicted octanol–water partition coefficient (Wildman–Crippen LogP) is 2.54. The van der Waals surface area contributed by atoms with Gasteiger partial charge in [0, 0.05) is 5.41 Å². The van der Waals surface area contributed by atoms with Crippen LogP contribution in [0.25, 0.3) is 0 Å². The van der Waals surface area contributed by atoms with E-state index in [1.54, 1.807) is 13.8 Å². The molecule has 1 heterocycles. The average Bonchev–Trinajstić information content (AvgIpc) is 2.80. The molecule has 1 saturated heterocycles. The van der Waals surface area contributed by atoms with Crippen molar-refractivity contribution in [3.8, 4) is 0 Å². The molecule has 3 atom stereocenters. The minimum absolute atomic E-state index is 0.00177. The summed E-state index contributed by atoms with van der Waals surface area (Å²) in [5, 5.41) is 0. The Morgan fingerprint density at radius 1 is 1.36 bits per heavy atom. The summed E-state index contributed by atoms with van der Waals surface area (Å²) in [5.41, 5.74) is -2.48. The van der Waals surface area contributed by atoms with Crippen LogP contribution in [0.4, 0.5) is 13.2 Å². The quantitative estimate of drug-likeness (QED) is 0.531. The number of esters is 3. The van der Waals surface area contributed by atoms with Crippen molar-refractivity contribution in [2.75, 3.05) is 6.61 Å². The van der Waals surface area contributed by atoms with Gasteiger partial charge in [-0.1, -0.05) is 13.8 Å². The SMILES string of the molecule is CCOC(=O)CC(CC(F)(F)F)OC(=O)C12CCC(C(=O)O1)C2(C)C. The van der Waals surface area contributed by atoms with Gasteiger partial charge in [-0.3, -0.25) is 9.59 Å². The Bertz CT molecular complexity index is 571. The lowest BCUT2D eigenvalue weighted by molar-refractivity contribution is -0.198. The summed E-state index contributed by atoms with van der Waals surface area (Å²) in [6, 6.07) is 0. The van der Waals surface area contributed by atoms with E-state index >= 15 is 0 Å². The second kappa shape index (κ2) is 6.49. The highest BCUT2D eigenvalue weighted by atomic mass is 19.4. The van der Waals surface area contributed by atoms with Crippen molar-refractivity contribution in [1.82, 2.24) is 0 Å². The fourth-order valence-corrected chi connectivity index (χ4v) is 3.62. The van der Waals surface area contributed by atoms with E-state index in [1.165, 1.54) is 6.92 Å². The van der Waals surface area contributed by atoms with Crippen molar-refractivity contribution < 1.29 is 41.8 Å². The van der Waals surface area contributed by atoms with Crippen molar-refractivity contribution in [2.24, 2.45) is 11.3 Å². The standard InChI is InChI=1S/C16H21F3O6/c1-4-23-11(20)7-9(8-16(17,18)19)24-13(22)15-6-5-10(12(21)25-15)14(15,2)3/h9-10H,4-8H2,1-3H3. The molecule has 0 aromatic carbocycles. The third-order valence-electron chi connectivity index (χ3n) is 5.02. The Kier molecular flexibility index (Phi) is 5.07. The molecule has 142 valence electrons. The minimum atomic E-state index is -4.63. The molecule has 2 rings (SSSR count). The van der Waals surface area contributed by atoms with E-state index in [1.807, 2.05) is 0 Å². The first-order valence-electron chi connectivity index (χ1n) is 8.09. The van der Waals surface area contributed by atoms with Crippen LogP contribution < -0.4 is 0 Å². The molecule has 3 unspecified atom stereocenters. The molecule has 9 heteroatoms. The van der Waals surface area contributed by atoms with E-state index in [9.17, 15) is 27.6 Å². The van der Waals surface area contributed by atoms with Gasteiger partial charge in [0.1, 0.15) is 6.10 Å². The van der Waals surface area contributed by atoms with E-state index in [-0.39, 0.29) is 13.0 Å². The normalized spacial score (nSPS) is 28.4. The van der Waals surface area contributed by atoms with E-state index < -0.39 is 60.0 Å². The first-order valence-corrected chi connectivity index (χ1v) is 8.09. The van der Waals surface area contributed by atoms with Crippen LogP contribution in [-0.2, 0) is 28.6 Å². The molecular formula is C16H21F3O6. The highest BCUT2D eigenvalue weighted by molar-refractivity contribution is 5.91. The van der Waals surface area contributed by atoms with Gasteiger partial charge in [0.05, 0.1) is 25.4 Å². The maximum atomic E-state index is 12.7. The predicted molar refractivity (Wildman–Crippen MR) is 77.1 cm³/mol. The van der Waals surface area contributed by atoms with Gasteiger partial charge in [0.2, 0.25) is 5.60 Å². The molecule has 2 bridgehead atoms. The molecule has 0 spiro atoms. The molecule has 0 radical (unpaired) electrons. The lowest BCUT2D eigenvalue weighted by Crippen LogP contribution is -2.49. The van der Waals surface area contributed by atoms with Gasteiger partial charge in [0.25, 0.3) is 0 Å². The lowest BCUT2D eigenvalue weighted by atomic mass is 9.75. The number of hydrogen-bond donors (Lipinski definition) is 0. The Hall–Kier alpha value is -1.80. The zero-order valence-electron chi connectivity index (χ0n) is 14.3. The molecule has 0 N–H and O–H groups in total. The van der Waals surface area contributed by atoms with Crippen LogP contribution in [0, 0.1) is 11.3 Å². The molecule has 25 heavy (non-hydrogen) atoms. The topological polar surface area (TPSA) is 78.9 Å². The Morgan fingerprint density at radius 2 is 2.00 bits per heavy atom. The molecule has 1 saturated carbocycles. The van der Waals surface area contributed by atoms with Crippen LogP contribution in [0.15, 0.2) is 0 Å². The number of carbonyl (C=O) groups is 3. The monoisotopic (exact) mass is 366 g/mol. The van der Waals surface area contributed by atoms with E-state index in [0.717, 1.165) is 0 Å². The maximum absolute atomic E-state index is 12.7. The van der Waals surface area contributed by atoms with Crippen molar-refractivity contribution >= 4 is 17.9 Å². The third-order valence-corrected chi connectivity index (χ3v) is 5.02.